The summed E-state index contributed by atoms with van der Waals surface area (Å²) in [6.45, 7) is 10.2. The maximum Gasteiger partial charge on any atom is 0.338 e. The molecule has 0 spiro atoms. The topological polar surface area (TPSA) is 71.0 Å². The number of carbonyl (C=O) groups is 2. The highest BCUT2D eigenvalue weighted by Crippen LogP contribution is 2.45. The average Bonchev–Trinajstić information content (AvgIpc) is 3.25. The lowest BCUT2D eigenvalue weighted by Crippen LogP contribution is -2.39. The quantitative estimate of drug-likeness (QED) is 0.452. The van der Waals surface area contributed by atoms with E-state index in [1.807, 2.05) is 75.3 Å². The molecule has 0 saturated heterocycles. The number of allylic oxidation sites excluding steroid dienone is 1. The van der Waals surface area contributed by atoms with Crippen molar-refractivity contribution < 1.29 is 14.3 Å². The standard InChI is InChI=1S/C29H33N3O3S/c1-6-20(4)30-25(33)15-23-17-36-29-31-21(5)26(28(34)35-16-22-10-8-7-9-11-22)27(32(23)29)24-14-18(2)12-13-19(24)3/h7-14,17,20,27H,6,15-16H2,1-5H3,(H,30,33)/t20-,27-/m1/s1. The lowest BCUT2D eigenvalue weighted by Gasteiger charge is -2.37. The van der Waals surface area contributed by atoms with Gasteiger partial charge in [-0.2, -0.15) is 0 Å². The predicted octanol–water partition coefficient (Wildman–Crippen LogP) is 5.93. The fourth-order valence-electron chi connectivity index (χ4n) is 4.37. The van der Waals surface area contributed by atoms with Gasteiger partial charge in [-0.3, -0.25) is 4.79 Å². The van der Waals surface area contributed by atoms with Crippen LogP contribution in [-0.2, 0) is 20.9 Å². The van der Waals surface area contributed by atoms with Crippen LogP contribution in [-0.4, -0.2) is 28.0 Å². The Balaban J connectivity index is 1.70. The average molecular weight is 504 g/mol. The Labute approximate surface area is 217 Å². The number of amidine groups is 1. The van der Waals surface area contributed by atoms with E-state index in [1.165, 1.54) is 11.8 Å². The lowest BCUT2D eigenvalue weighted by molar-refractivity contribution is -0.141. The minimum absolute atomic E-state index is 0.0448. The molecule has 2 heterocycles. The number of nitrogens with one attached hydrogen (secondary N) is 1. The molecule has 1 N–H and O–H groups in total. The van der Waals surface area contributed by atoms with Crippen LogP contribution in [0, 0.1) is 13.8 Å². The van der Waals surface area contributed by atoms with Gasteiger partial charge >= 0.3 is 5.97 Å². The van der Waals surface area contributed by atoms with Crippen LogP contribution >= 0.6 is 11.8 Å². The van der Waals surface area contributed by atoms with Crippen molar-refractivity contribution in [2.45, 2.75) is 66.2 Å². The second-order valence-electron chi connectivity index (χ2n) is 9.37. The Kier molecular flexibility index (Phi) is 7.99. The molecule has 0 aromatic heterocycles. The third-order valence-electron chi connectivity index (χ3n) is 6.52. The van der Waals surface area contributed by atoms with Gasteiger partial charge < -0.3 is 15.0 Å². The minimum Gasteiger partial charge on any atom is -0.457 e. The van der Waals surface area contributed by atoms with E-state index in [0.29, 0.717) is 11.3 Å². The molecular weight excluding hydrogens is 470 g/mol. The van der Waals surface area contributed by atoms with Crippen LogP contribution in [0.4, 0.5) is 0 Å². The number of hydrogen-bond acceptors (Lipinski definition) is 6. The molecule has 4 rings (SSSR count). The van der Waals surface area contributed by atoms with Gasteiger partial charge in [-0.05, 0) is 56.2 Å². The Morgan fingerprint density at radius 3 is 2.61 bits per heavy atom. The number of benzene rings is 2. The van der Waals surface area contributed by atoms with E-state index < -0.39 is 12.0 Å². The largest absolute Gasteiger partial charge is 0.457 e. The zero-order valence-electron chi connectivity index (χ0n) is 21.5. The van der Waals surface area contributed by atoms with Crippen molar-refractivity contribution >= 4 is 28.8 Å². The van der Waals surface area contributed by atoms with Gasteiger partial charge in [0.05, 0.1) is 23.7 Å². The minimum atomic E-state index is -0.432. The molecule has 0 aliphatic carbocycles. The van der Waals surface area contributed by atoms with E-state index in [4.69, 9.17) is 9.73 Å². The molecule has 2 aromatic rings. The fourth-order valence-corrected chi connectivity index (χ4v) is 5.34. The number of nitrogens with zero attached hydrogens (tertiary/aromatic N) is 2. The second-order valence-corrected chi connectivity index (χ2v) is 10.2. The highest BCUT2D eigenvalue weighted by atomic mass is 32.2. The van der Waals surface area contributed by atoms with Crippen molar-refractivity contribution in [1.29, 1.82) is 0 Å². The maximum atomic E-state index is 13.6. The first kappa shape index (κ1) is 25.8. The van der Waals surface area contributed by atoms with Gasteiger partial charge in [-0.25, -0.2) is 9.79 Å². The van der Waals surface area contributed by atoms with Crippen LogP contribution in [0.5, 0.6) is 0 Å². The molecule has 188 valence electrons. The molecule has 0 unspecified atom stereocenters. The van der Waals surface area contributed by atoms with Crippen molar-refractivity contribution in [3.8, 4) is 0 Å². The molecule has 0 saturated carbocycles. The number of rotatable bonds is 8. The molecule has 2 atom stereocenters. The van der Waals surface area contributed by atoms with Crippen LogP contribution in [0.15, 0.2) is 75.9 Å². The SMILES string of the molecule is CC[C@@H](C)NC(=O)CC1=CSC2=NC(C)=C(C(=O)OCc3ccccc3)[C@@H](c3cc(C)ccc3C)N12. The fraction of sp³-hybridized carbons (Fsp3) is 0.345. The van der Waals surface area contributed by atoms with Crippen LogP contribution in [0.25, 0.3) is 0 Å². The van der Waals surface area contributed by atoms with Crippen molar-refractivity contribution in [3.05, 3.63) is 93.2 Å². The summed E-state index contributed by atoms with van der Waals surface area (Å²) in [5.41, 5.74) is 6.05. The zero-order valence-corrected chi connectivity index (χ0v) is 22.3. The first-order valence-electron chi connectivity index (χ1n) is 12.3. The van der Waals surface area contributed by atoms with Crippen LogP contribution in [0.2, 0.25) is 0 Å². The number of carbonyl (C=O) groups excluding carboxylic acids is 2. The molecule has 36 heavy (non-hydrogen) atoms. The number of thioether (sulfide) groups is 1. The number of amides is 1. The van der Waals surface area contributed by atoms with E-state index in [9.17, 15) is 9.59 Å². The first-order chi connectivity index (χ1) is 17.3. The van der Waals surface area contributed by atoms with Crippen molar-refractivity contribution in [1.82, 2.24) is 10.2 Å². The van der Waals surface area contributed by atoms with Gasteiger partial charge in [0.1, 0.15) is 6.61 Å². The maximum absolute atomic E-state index is 13.6. The van der Waals surface area contributed by atoms with Crippen molar-refractivity contribution in [2.75, 3.05) is 0 Å². The van der Waals surface area contributed by atoms with Crippen molar-refractivity contribution in [3.63, 3.8) is 0 Å². The summed E-state index contributed by atoms with van der Waals surface area (Å²) >= 11 is 1.48. The summed E-state index contributed by atoms with van der Waals surface area (Å²) in [5.74, 6) is -0.443. The molecule has 0 bridgehead atoms. The second kappa shape index (κ2) is 11.2. The molecule has 0 fully saturated rings. The highest BCUT2D eigenvalue weighted by molar-refractivity contribution is 8.16. The van der Waals surface area contributed by atoms with Gasteiger partial charge in [0, 0.05) is 11.7 Å². The smallest absolute Gasteiger partial charge is 0.338 e. The van der Waals surface area contributed by atoms with E-state index in [-0.39, 0.29) is 25.0 Å². The normalized spacial score (nSPS) is 17.8. The Morgan fingerprint density at radius 2 is 1.89 bits per heavy atom. The van der Waals surface area contributed by atoms with Crippen LogP contribution in [0.1, 0.15) is 61.9 Å². The van der Waals surface area contributed by atoms with Crippen molar-refractivity contribution in [2.24, 2.45) is 4.99 Å². The third-order valence-corrected chi connectivity index (χ3v) is 7.41. The Morgan fingerprint density at radius 1 is 1.14 bits per heavy atom. The summed E-state index contributed by atoms with van der Waals surface area (Å²) < 4.78 is 5.79. The Hall–Kier alpha value is -3.32. The number of aryl methyl sites for hydroxylation is 2. The van der Waals surface area contributed by atoms with Crippen LogP contribution in [0.3, 0.4) is 0 Å². The number of esters is 1. The number of fused-ring (bicyclic) bond motifs is 1. The number of ether oxygens (including phenoxy) is 1. The van der Waals surface area contributed by atoms with Gasteiger partial charge in [0.15, 0.2) is 5.17 Å². The summed E-state index contributed by atoms with van der Waals surface area (Å²) in [6.07, 6.45) is 1.07. The molecule has 7 heteroatoms. The van der Waals surface area contributed by atoms with E-state index in [0.717, 1.165) is 39.5 Å². The molecule has 2 aliphatic heterocycles. The molecule has 0 radical (unpaired) electrons. The molecule has 6 nitrogen and oxygen atoms in total. The van der Waals surface area contributed by atoms with Gasteiger partial charge in [-0.15, -0.1) is 0 Å². The summed E-state index contributed by atoms with van der Waals surface area (Å²) in [5, 5.41) is 5.79. The zero-order chi connectivity index (χ0) is 25.8. The van der Waals surface area contributed by atoms with Gasteiger partial charge in [-0.1, -0.05) is 72.8 Å². The summed E-state index contributed by atoms with van der Waals surface area (Å²) in [4.78, 5) is 33.2. The molecular formula is C29H33N3O3S. The highest BCUT2D eigenvalue weighted by Gasteiger charge is 2.41. The predicted molar refractivity (Wildman–Crippen MR) is 145 cm³/mol. The third kappa shape index (κ3) is 5.57. The Bertz CT molecular complexity index is 1250. The van der Waals surface area contributed by atoms with E-state index in [2.05, 4.69) is 23.5 Å². The van der Waals surface area contributed by atoms with Crippen LogP contribution < -0.4 is 5.32 Å². The molecule has 2 aliphatic rings. The number of hydrogen-bond donors (Lipinski definition) is 1. The first-order valence-corrected chi connectivity index (χ1v) is 13.2. The van der Waals surface area contributed by atoms with Gasteiger partial charge in [0.2, 0.25) is 5.91 Å². The van der Waals surface area contributed by atoms with E-state index in [1.54, 1.807) is 0 Å². The number of aliphatic imine (C=N–C) groups is 1. The molecule has 2 aromatic carbocycles. The van der Waals surface area contributed by atoms with Gasteiger partial charge in [0.25, 0.3) is 0 Å². The summed E-state index contributed by atoms with van der Waals surface area (Å²) in [6, 6.07) is 15.6. The lowest BCUT2D eigenvalue weighted by atomic mass is 9.90. The molecule has 1 amide bonds. The van der Waals surface area contributed by atoms with E-state index >= 15 is 0 Å². The monoisotopic (exact) mass is 503 g/mol. The summed E-state index contributed by atoms with van der Waals surface area (Å²) in [7, 11) is 0.